The van der Waals surface area contributed by atoms with E-state index in [0.29, 0.717) is 23.8 Å². The summed E-state index contributed by atoms with van der Waals surface area (Å²) in [6.45, 7) is 0.415. The first-order valence-corrected chi connectivity index (χ1v) is 5.81. The summed E-state index contributed by atoms with van der Waals surface area (Å²) in [5, 5.41) is 0. The number of fused-ring (bicyclic) bond motifs is 1. The molecule has 0 atom stereocenters. The van der Waals surface area contributed by atoms with Crippen LogP contribution < -0.4 is 15.4 Å². The fraction of sp³-hybridized carbons (Fsp3) is 0.154. The normalized spacial score (nSPS) is 13.9. The Kier molecular flexibility index (Phi) is 2.75. The van der Waals surface area contributed by atoms with E-state index in [1.165, 1.54) is 6.20 Å². The fourth-order valence-electron chi connectivity index (χ4n) is 1.93. The number of nitrogens with two attached hydrogens (primary N) is 1. The molecule has 6 nitrogen and oxygen atoms in total. The van der Waals surface area contributed by atoms with Crippen LogP contribution in [0.15, 0.2) is 36.8 Å². The van der Waals surface area contributed by atoms with Crippen molar-refractivity contribution in [3.05, 3.63) is 42.4 Å². The van der Waals surface area contributed by atoms with Gasteiger partial charge in [-0.15, -0.1) is 0 Å². The van der Waals surface area contributed by atoms with E-state index in [1.54, 1.807) is 23.4 Å². The first kappa shape index (κ1) is 11.5. The van der Waals surface area contributed by atoms with Crippen molar-refractivity contribution >= 4 is 17.4 Å². The summed E-state index contributed by atoms with van der Waals surface area (Å²) in [5.74, 6) is 0.895. The quantitative estimate of drug-likeness (QED) is 0.866. The van der Waals surface area contributed by atoms with Gasteiger partial charge in [0, 0.05) is 18.5 Å². The Morgan fingerprint density at radius 3 is 3.11 bits per heavy atom. The van der Waals surface area contributed by atoms with Crippen LogP contribution in [0.4, 0.5) is 11.5 Å². The van der Waals surface area contributed by atoms with E-state index in [2.05, 4.69) is 9.97 Å². The minimum atomic E-state index is -0.131. The summed E-state index contributed by atoms with van der Waals surface area (Å²) in [4.78, 5) is 21.8. The topological polar surface area (TPSA) is 81.3 Å². The van der Waals surface area contributed by atoms with Crippen molar-refractivity contribution in [1.29, 1.82) is 0 Å². The molecule has 1 aliphatic heterocycles. The zero-order valence-corrected chi connectivity index (χ0v) is 10.1. The van der Waals surface area contributed by atoms with E-state index in [1.807, 2.05) is 12.1 Å². The van der Waals surface area contributed by atoms with Gasteiger partial charge in [0.05, 0.1) is 18.4 Å². The lowest BCUT2D eigenvalue weighted by Crippen LogP contribution is -2.38. The number of nitrogens with zero attached hydrogens (tertiary/aromatic N) is 3. The van der Waals surface area contributed by atoms with Crippen LogP contribution >= 0.6 is 0 Å². The maximum atomic E-state index is 12.0. The number of amides is 1. The molecule has 2 aromatic heterocycles. The van der Waals surface area contributed by atoms with Crippen LogP contribution in [-0.2, 0) is 11.3 Å². The van der Waals surface area contributed by atoms with Gasteiger partial charge in [0.25, 0.3) is 5.91 Å². The van der Waals surface area contributed by atoms with Crippen molar-refractivity contribution in [1.82, 2.24) is 9.97 Å². The first-order valence-electron chi connectivity index (χ1n) is 5.81. The SMILES string of the molecule is Nc1cnc2c(c1)OCC(=O)N2Cc1cccnc1. The number of carbonyl (C=O) groups is 1. The zero-order valence-electron chi connectivity index (χ0n) is 10.1. The molecular formula is C13H12N4O2. The number of aromatic nitrogens is 2. The molecule has 0 aromatic carbocycles. The Morgan fingerprint density at radius 1 is 1.42 bits per heavy atom. The minimum Gasteiger partial charge on any atom is -0.480 e. The molecule has 3 heterocycles. The van der Waals surface area contributed by atoms with Gasteiger partial charge in [-0.2, -0.15) is 0 Å². The maximum absolute atomic E-state index is 12.0. The van der Waals surface area contributed by atoms with E-state index in [9.17, 15) is 4.79 Å². The summed E-state index contributed by atoms with van der Waals surface area (Å²) >= 11 is 0. The number of carbonyl (C=O) groups excluding carboxylic acids is 1. The van der Waals surface area contributed by atoms with Crippen molar-refractivity contribution in [3.63, 3.8) is 0 Å². The Bertz CT molecular complexity index is 615. The van der Waals surface area contributed by atoms with Gasteiger partial charge in [-0.1, -0.05) is 6.07 Å². The molecule has 19 heavy (non-hydrogen) atoms. The van der Waals surface area contributed by atoms with Gasteiger partial charge in [-0.25, -0.2) is 4.98 Å². The molecule has 0 fully saturated rings. The molecule has 0 spiro atoms. The van der Waals surface area contributed by atoms with Crippen LogP contribution in [0.5, 0.6) is 5.75 Å². The molecule has 0 saturated carbocycles. The lowest BCUT2D eigenvalue weighted by atomic mass is 10.2. The molecule has 0 bridgehead atoms. The Balaban J connectivity index is 1.95. The average Bonchev–Trinajstić information content (AvgIpc) is 2.43. The largest absolute Gasteiger partial charge is 0.480 e. The highest BCUT2D eigenvalue weighted by molar-refractivity contribution is 5.96. The van der Waals surface area contributed by atoms with Gasteiger partial charge in [-0.05, 0) is 11.6 Å². The van der Waals surface area contributed by atoms with Crippen molar-refractivity contribution in [2.45, 2.75) is 6.54 Å². The van der Waals surface area contributed by atoms with Crippen molar-refractivity contribution in [3.8, 4) is 5.75 Å². The molecule has 1 amide bonds. The summed E-state index contributed by atoms with van der Waals surface area (Å²) in [5.41, 5.74) is 7.10. The van der Waals surface area contributed by atoms with Gasteiger partial charge in [-0.3, -0.25) is 14.7 Å². The van der Waals surface area contributed by atoms with Crippen LogP contribution in [0.1, 0.15) is 5.56 Å². The van der Waals surface area contributed by atoms with Crippen LogP contribution in [0.25, 0.3) is 0 Å². The molecule has 0 radical (unpaired) electrons. The summed E-state index contributed by atoms with van der Waals surface area (Å²) in [6, 6.07) is 5.41. The monoisotopic (exact) mass is 256 g/mol. The molecular weight excluding hydrogens is 244 g/mol. The smallest absolute Gasteiger partial charge is 0.266 e. The molecule has 96 valence electrons. The number of nitrogen functional groups attached to an aromatic ring is 1. The van der Waals surface area contributed by atoms with Crippen LogP contribution in [0.2, 0.25) is 0 Å². The molecule has 2 N–H and O–H groups in total. The molecule has 3 rings (SSSR count). The molecule has 1 aliphatic rings. The van der Waals surface area contributed by atoms with E-state index in [0.717, 1.165) is 5.56 Å². The number of hydrogen-bond acceptors (Lipinski definition) is 5. The Labute approximate surface area is 109 Å². The predicted octanol–water partition coefficient (Wildman–Crippen LogP) is 0.984. The number of ether oxygens (including phenoxy) is 1. The Morgan fingerprint density at radius 2 is 2.32 bits per heavy atom. The summed E-state index contributed by atoms with van der Waals surface area (Å²) in [7, 11) is 0. The highest BCUT2D eigenvalue weighted by Gasteiger charge is 2.27. The van der Waals surface area contributed by atoms with Crippen molar-refractivity contribution in [2.24, 2.45) is 0 Å². The van der Waals surface area contributed by atoms with E-state index in [4.69, 9.17) is 10.5 Å². The van der Waals surface area contributed by atoms with Gasteiger partial charge in [0.15, 0.2) is 18.2 Å². The third-order valence-corrected chi connectivity index (χ3v) is 2.83. The standard InChI is InChI=1S/C13H12N4O2/c14-10-4-11-13(16-6-10)17(12(18)8-19-11)7-9-2-1-3-15-5-9/h1-6H,7-8,14H2. The second-order valence-corrected chi connectivity index (χ2v) is 4.22. The van der Waals surface area contributed by atoms with E-state index < -0.39 is 0 Å². The van der Waals surface area contributed by atoms with Crippen molar-refractivity contribution < 1.29 is 9.53 Å². The third-order valence-electron chi connectivity index (χ3n) is 2.83. The molecule has 0 aliphatic carbocycles. The number of hydrogen-bond donors (Lipinski definition) is 1. The van der Waals surface area contributed by atoms with Crippen LogP contribution in [0, 0.1) is 0 Å². The number of anilines is 2. The number of pyridine rings is 2. The number of rotatable bonds is 2. The average molecular weight is 256 g/mol. The predicted molar refractivity (Wildman–Crippen MR) is 69.6 cm³/mol. The zero-order chi connectivity index (χ0) is 13.2. The molecule has 6 heteroatoms. The third kappa shape index (κ3) is 2.20. The molecule has 2 aromatic rings. The second kappa shape index (κ2) is 4.56. The maximum Gasteiger partial charge on any atom is 0.266 e. The van der Waals surface area contributed by atoms with Crippen LogP contribution in [0.3, 0.4) is 0 Å². The van der Waals surface area contributed by atoms with Crippen LogP contribution in [-0.4, -0.2) is 22.5 Å². The minimum absolute atomic E-state index is 0.00159. The second-order valence-electron chi connectivity index (χ2n) is 4.22. The highest BCUT2D eigenvalue weighted by Crippen LogP contribution is 2.32. The van der Waals surface area contributed by atoms with Crippen molar-refractivity contribution in [2.75, 3.05) is 17.2 Å². The van der Waals surface area contributed by atoms with E-state index in [-0.39, 0.29) is 12.5 Å². The summed E-state index contributed by atoms with van der Waals surface area (Å²) in [6.07, 6.45) is 4.92. The lowest BCUT2D eigenvalue weighted by molar-refractivity contribution is -0.121. The molecule has 0 saturated heterocycles. The highest BCUT2D eigenvalue weighted by atomic mass is 16.5. The summed E-state index contributed by atoms with van der Waals surface area (Å²) < 4.78 is 5.34. The molecule has 0 unspecified atom stereocenters. The lowest BCUT2D eigenvalue weighted by Gasteiger charge is -2.28. The van der Waals surface area contributed by atoms with Gasteiger partial charge in [0.1, 0.15) is 0 Å². The van der Waals surface area contributed by atoms with E-state index >= 15 is 0 Å². The fourth-order valence-corrected chi connectivity index (χ4v) is 1.93. The Hall–Kier alpha value is -2.63. The van der Waals surface area contributed by atoms with Gasteiger partial charge in [0.2, 0.25) is 0 Å². The first-order chi connectivity index (χ1) is 9.24. The van der Waals surface area contributed by atoms with Gasteiger partial charge < -0.3 is 10.5 Å². The van der Waals surface area contributed by atoms with Gasteiger partial charge >= 0.3 is 0 Å².